The first-order valence-electron chi connectivity index (χ1n) is 10.2. The molecule has 1 saturated heterocycles. The van der Waals surface area contributed by atoms with Crippen molar-refractivity contribution >= 4 is 11.7 Å². The van der Waals surface area contributed by atoms with E-state index in [1.165, 1.54) is 19.3 Å². The van der Waals surface area contributed by atoms with Crippen LogP contribution in [0.5, 0.6) is 5.75 Å². The predicted octanol–water partition coefficient (Wildman–Crippen LogP) is 3.81. The minimum absolute atomic E-state index is 0.0481. The summed E-state index contributed by atoms with van der Waals surface area (Å²) in [5.41, 5.74) is 1.70. The largest absolute Gasteiger partial charge is 0.496 e. The van der Waals surface area contributed by atoms with Gasteiger partial charge in [-0.2, -0.15) is 0 Å². The lowest BCUT2D eigenvalue weighted by Gasteiger charge is -2.32. The molecule has 1 aromatic carbocycles. The Kier molecular flexibility index (Phi) is 8.79. The third kappa shape index (κ3) is 6.65. The van der Waals surface area contributed by atoms with Crippen molar-refractivity contribution in [2.24, 2.45) is 5.92 Å². The smallest absolute Gasteiger partial charge is 0.224 e. The van der Waals surface area contributed by atoms with Crippen LogP contribution < -0.4 is 10.1 Å². The summed E-state index contributed by atoms with van der Waals surface area (Å²) in [6.07, 6.45) is 6.64. The number of rotatable bonds is 10. The Morgan fingerprint density at radius 3 is 2.78 bits per heavy atom. The van der Waals surface area contributed by atoms with Crippen LogP contribution in [0.25, 0.3) is 0 Å². The molecule has 1 amide bonds. The predicted molar refractivity (Wildman–Crippen MR) is 108 cm³/mol. The lowest BCUT2D eigenvalue weighted by atomic mass is 9.96. The Bertz CT molecular complexity index is 630. The molecule has 1 aliphatic heterocycles. The minimum atomic E-state index is 0.0481. The summed E-state index contributed by atoms with van der Waals surface area (Å²) in [6.45, 7) is 6.97. The summed E-state index contributed by atoms with van der Waals surface area (Å²) in [6, 6.07) is 5.57. The number of hydrogen-bond donors (Lipinski definition) is 1. The van der Waals surface area contributed by atoms with E-state index >= 15 is 0 Å². The van der Waals surface area contributed by atoms with Crippen LogP contribution in [0.4, 0.5) is 0 Å². The molecular weight excluding hydrogens is 340 g/mol. The molecule has 1 heterocycles. The Morgan fingerprint density at radius 1 is 1.26 bits per heavy atom. The van der Waals surface area contributed by atoms with Crippen LogP contribution >= 0.6 is 0 Å². The van der Waals surface area contributed by atoms with Gasteiger partial charge in [-0.05, 0) is 50.9 Å². The molecule has 27 heavy (non-hydrogen) atoms. The molecule has 5 heteroatoms. The van der Waals surface area contributed by atoms with Crippen LogP contribution in [-0.2, 0) is 11.3 Å². The molecule has 0 saturated carbocycles. The summed E-state index contributed by atoms with van der Waals surface area (Å²) < 4.78 is 5.46. The maximum absolute atomic E-state index is 12.5. The van der Waals surface area contributed by atoms with Crippen molar-refractivity contribution in [2.45, 2.75) is 58.9 Å². The molecule has 2 rings (SSSR count). The van der Waals surface area contributed by atoms with E-state index in [4.69, 9.17) is 4.74 Å². The first-order chi connectivity index (χ1) is 13.0. The van der Waals surface area contributed by atoms with Gasteiger partial charge in [-0.3, -0.25) is 14.5 Å². The van der Waals surface area contributed by atoms with Crippen LogP contribution in [0.15, 0.2) is 18.2 Å². The lowest BCUT2D eigenvalue weighted by Crippen LogP contribution is -2.43. The molecular formula is C22H34N2O3. The van der Waals surface area contributed by atoms with Crippen LogP contribution in [0.3, 0.4) is 0 Å². The first kappa shape index (κ1) is 21.4. The van der Waals surface area contributed by atoms with E-state index in [1.54, 1.807) is 20.1 Å². The minimum Gasteiger partial charge on any atom is -0.496 e. The van der Waals surface area contributed by atoms with Gasteiger partial charge in [0.05, 0.1) is 13.0 Å². The third-order valence-electron chi connectivity index (χ3n) is 5.29. The van der Waals surface area contributed by atoms with Crippen LogP contribution in [0, 0.1) is 5.92 Å². The summed E-state index contributed by atoms with van der Waals surface area (Å²) in [5.74, 6) is 1.08. The molecule has 150 valence electrons. The van der Waals surface area contributed by atoms with Crippen LogP contribution in [-0.4, -0.2) is 43.3 Å². The van der Waals surface area contributed by atoms with Gasteiger partial charge in [-0.25, -0.2) is 0 Å². The summed E-state index contributed by atoms with van der Waals surface area (Å²) in [5, 5.41) is 3.11. The number of ether oxygens (including phenoxy) is 1. The van der Waals surface area contributed by atoms with Crippen LogP contribution in [0.2, 0.25) is 0 Å². The number of methoxy groups -OCH3 is 1. The average molecular weight is 375 g/mol. The van der Waals surface area contributed by atoms with Gasteiger partial charge in [0.2, 0.25) is 5.91 Å². The van der Waals surface area contributed by atoms with Crippen molar-refractivity contribution < 1.29 is 14.3 Å². The Hall–Kier alpha value is -1.88. The highest BCUT2D eigenvalue weighted by Crippen LogP contribution is 2.25. The second kappa shape index (κ2) is 11.1. The fraction of sp³-hybridized carbons (Fsp3) is 0.636. The fourth-order valence-corrected chi connectivity index (χ4v) is 3.68. The van der Waals surface area contributed by atoms with Gasteiger partial charge in [-0.15, -0.1) is 0 Å². The van der Waals surface area contributed by atoms with E-state index in [9.17, 15) is 9.59 Å². The highest BCUT2D eigenvalue weighted by molar-refractivity contribution is 5.94. The van der Waals surface area contributed by atoms with Crippen LogP contribution in [0.1, 0.15) is 68.3 Å². The van der Waals surface area contributed by atoms with E-state index in [0.29, 0.717) is 12.1 Å². The van der Waals surface area contributed by atoms with E-state index in [-0.39, 0.29) is 17.6 Å². The number of likely N-dealkylation sites (tertiary alicyclic amines) is 1. The third-order valence-corrected chi connectivity index (χ3v) is 5.29. The Labute approximate surface area is 163 Å². The number of nitrogens with zero attached hydrogens (tertiary/aromatic N) is 1. The van der Waals surface area contributed by atoms with Gasteiger partial charge < -0.3 is 10.1 Å². The van der Waals surface area contributed by atoms with Crippen molar-refractivity contribution in [1.82, 2.24) is 10.2 Å². The fourth-order valence-electron chi connectivity index (χ4n) is 3.68. The topological polar surface area (TPSA) is 58.6 Å². The molecule has 0 spiro atoms. The van der Waals surface area contributed by atoms with E-state index < -0.39 is 0 Å². The van der Waals surface area contributed by atoms with Gasteiger partial charge in [0.1, 0.15) is 5.75 Å². The van der Waals surface area contributed by atoms with Gasteiger partial charge in [0.15, 0.2) is 5.78 Å². The Morgan fingerprint density at radius 2 is 2.07 bits per heavy atom. The van der Waals surface area contributed by atoms with E-state index in [0.717, 1.165) is 50.2 Å². The van der Waals surface area contributed by atoms with Crippen molar-refractivity contribution in [3.8, 4) is 5.75 Å². The number of ketones is 1. The molecule has 1 fully saturated rings. The maximum atomic E-state index is 12.5. The summed E-state index contributed by atoms with van der Waals surface area (Å²) in [4.78, 5) is 26.5. The molecule has 1 aliphatic rings. The van der Waals surface area contributed by atoms with E-state index in [2.05, 4.69) is 17.1 Å². The van der Waals surface area contributed by atoms with E-state index in [1.807, 2.05) is 12.1 Å². The monoisotopic (exact) mass is 374 g/mol. The molecule has 1 atom stereocenters. The molecule has 0 aromatic heterocycles. The van der Waals surface area contributed by atoms with Crippen molar-refractivity contribution in [2.75, 3.05) is 26.7 Å². The summed E-state index contributed by atoms with van der Waals surface area (Å²) in [7, 11) is 1.65. The Balaban J connectivity index is 1.91. The zero-order valence-electron chi connectivity index (χ0n) is 17.1. The number of hydrogen-bond acceptors (Lipinski definition) is 4. The lowest BCUT2D eigenvalue weighted by molar-refractivity contribution is -0.126. The average Bonchev–Trinajstić information content (AvgIpc) is 2.67. The highest BCUT2D eigenvalue weighted by atomic mass is 16.5. The number of unbranched alkanes of at least 4 members (excludes halogenated alkanes) is 3. The number of benzene rings is 1. The molecule has 1 unspecified atom stereocenters. The highest BCUT2D eigenvalue weighted by Gasteiger charge is 2.26. The van der Waals surface area contributed by atoms with Crippen molar-refractivity contribution in [3.05, 3.63) is 29.3 Å². The van der Waals surface area contributed by atoms with Gasteiger partial charge in [0.25, 0.3) is 0 Å². The second-order valence-electron chi connectivity index (χ2n) is 7.51. The number of piperidine rings is 1. The normalized spacial score (nSPS) is 17.5. The standard InChI is InChI=1S/C22H34N2O3/c1-4-5-6-7-12-23-22(26)19-9-8-13-24(15-19)16-20-14-18(17(2)25)10-11-21(20)27-3/h10-11,14,19H,4-9,12-13,15-16H2,1-3H3,(H,23,26). The number of nitrogens with one attached hydrogen (secondary N) is 1. The molecule has 5 nitrogen and oxygen atoms in total. The number of carbonyl (C=O) groups is 2. The van der Waals surface area contributed by atoms with Gasteiger partial charge >= 0.3 is 0 Å². The molecule has 0 radical (unpaired) electrons. The SMILES string of the molecule is CCCCCCNC(=O)C1CCCN(Cc2cc(C(C)=O)ccc2OC)C1. The number of amides is 1. The second-order valence-corrected chi connectivity index (χ2v) is 7.51. The zero-order chi connectivity index (χ0) is 19.6. The molecule has 1 aromatic rings. The van der Waals surface area contributed by atoms with Gasteiger partial charge in [-0.1, -0.05) is 26.2 Å². The van der Waals surface area contributed by atoms with Crippen molar-refractivity contribution in [3.63, 3.8) is 0 Å². The summed E-state index contributed by atoms with van der Waals surface area (Å²) >= 11 is 0. The molecule has 0 bridgehead atoms. The zero-order valence-corrected chi connectivity index (χ0v) is 17.1. The molecule has 1 N–H and O–H groups in total. The van der Waals surface area contributed by atoms with Crippen molar-refractivity contribution in [1.29, 1.82) is 0 Å². The quantitative estimate of drug-likeness (QED) is 0.500. The van der Waals surface area contributed by atoms with Gasteiger partial charge in [0, 0.05) is 30.8 Å². The number of Topliss-reactive ketones (excluding diaryl/α,β-unsaturated/α-hetero) is 1. The number of carbonyl (C=O) groups excluding carboxylic acids is 2. The molecule has 0 aliphatic carbocycles. The first-order valence-corrected chi connectivity index (χ1v) is 10.2. The maximum Gasteiger partial charge on any atom is 0.224 e.